The highest BCUT2D eigenvalue weighted by molar-refractivity contribution is 5.99. The highest BCUT2D eigenvalue weighted by atomic mass is 16.5. The van der Waals surface area contributed by atoms with Gasteiger partial charge in [-0.05, 0) is 12.1 Å². The SMILES string of the molecule is COc1cccnc1C(=O)C1COCC1N. The number of Topliss-reactive ketones (excluding diaryl/α,β-unsaturated/α-hetero) is 1. The van der Waals surface area contributed by atoms with Crippen molar-refractivity contribution in [2.75, 3.05) is 20.3 Å². The van der Waals surface area contributed by atoms with Crippen molar-refractivity contribution in [3.8, 4) is 5.75 Å². The number of pyridine rings is 1. The Morgan fingerprint density at radius 3 is 3.06 bits per heavy atom. The van der Waals surface area contributed by atoms with Gasteiger partial charge in [-0.3, -0.25) is 4.79 Å². The van der Waals surface area contributed by atoms with E-state index in [0.29, 0.717) is 24.7 Å². The Morgan fingerprint density at radius 2 is 2.44 bits per heavy atom. The van der Waals surface area contributed by atoms with Crippen LogP contribution in [0.3, 0.4) is 0 Å². The summed E-state index contributed by atoms with van der Waals surface area (Å²) < 4.78 is 10.3. The van der Waals surface area contributed by atoms with Crippen molar-refractivity contribution in [1.29, 1.82) is 0 Å². The van der Waals surface area contributed by atoms with Crippen molar-refractivity contribution in [2.24, 2.45) is 11.7 Å². The van der Waals surface area contributed by atoms with E-state index >= 15 is 0 Å². The second kappa shape index (κ2) is 4.59. The van der Waals surface area contributed by atoms with Crippen LogP contribution in [0.15, 0.2) is 18.3 Å². The summed E-state index contributed by atoms with van der Waals surface area (Å²) in [6.07, 6.45) is 1.57. The molecule has 5 nitrogen and oxygen atoms in total. The molecule has 5 heteroatoms. The fourth-order valence-corrected chi connectivity index (χ4v) is 1.76. The van der Waals surface area contributed by atoms with Crippen molar-refractivity contribution < 1.29 is 14.3 Å². The molecule has 2 rings (SSSR count). The first kappa shape index (κ1) is 11.0. The molecular formula is C11H14N2O3. The molecule has 1 saturated heterocycles. The number of aromatic nitrogens is 1. The van der Waals surface area contributed by atoms with Gasteiger partial charge in [-0.1, -0.05) is 0 Å². The van der Waals surface area contributed by atoms with E-state index in [0.717, 1.165) is 0 Å². The number of carbonyl (C=O) groups is 1. The summed E-state index contributed by atoms with van der Waals surface area (Å²) in [4.78, 5) is 16.2. The van der Waals surface area contributed by atoms with Gasteiger partial charge in [0.25, 0.3) is 0 Å². The first-order chi connectivity index (χ1) is 7.74. The molecule has 1 aromatic heterocycles. The topological polar surface area (TPSA) is 74.4 Å². The number of methoxy groups -OCH3 is 1. The Morgan fingerprint density at radius 1 is 1.62 bits per heavy atom. The number of nitrogens with zero attached hydrogens (tertiary/aromatic N) is 1. The van der Waals surface area contributed by atoms with E-state index in [2.05, 4.69) is 4.98 Å². The number of nitrogens with two attached hydrogens (primary N) is 1. The van der Waals surface area contributed by atoms with Crippen LogP contribution in [0, 0.1) is 5.92 Å². The van der Waals surface area contributed by atoms with E-state index in [1.807, 2.05) is 0 Å². The van der Waals surface area contributed by atoms with Gasteiger partial charge in [-0.15, -0.1) is 0 Å². The van der Waals surface area contributed by atoms with Gasteiger partial charge in [0.05, 0.1) is 26.2 Å². The van der Waals surface area contributed by atoms with E-state index in [1.54, 1.807) is 18.3 Å². The quantitative estimate of drug-likeness (QED) is 0.742. The maximum absolute atomic E-state index is 12.1. The lowest BCUT2D eigenvalue weighted by atomic mass is 9.96. The predicted molar refractivity (Wildman–Crippen MR) is 57.4 cm³/mol. The second-order valence-electron chi connectivity index (χ2n) is 3.73. The number of carbonyl (C=O) groups excluding carboxylic acids is 1. The molecule has 1 aliphatic rings. The van der Waals surface area contributed by atoms with Crippen LogP contribution in [0.25, 0.3) is 0 Å². The van der Waals surface area contributed by atoms with Gasteiger partial charge in [-0.25, -0.2) is 4.98 Å². The predicted octanol–water partition coefficient (Wildman–Crippen LogP) is 0.247. The fraction of sp³-hybridized carbons (Fsp3) is 0.455. The van der Waals surface area contributed by atoms with Crippen LogP contribution in [0.5, 0.6) is 5.75 Å². The van der Waals surface area contributed by atoms with Gasteiger partial charge >= 0.3 is 0 Å². The lowest BCUT2D eigenvalue weighted by Gasteiger charge is -2.13. The maximum atomic E-state index is 12.1. The molecule has 0 aliphatic carbocycles. The number of ketones is 1. The van der Waals surface area contributed by atoms with E-state index < -0.39 is 0 Å². The van der Waals surface area contributed by atoms with Crippen molar-refractivity contribution in [2.45, 2.75) is 6.04 Å². The summed E-state index contributed by atoms with van der Waals surface area (Å²) in [5, 5.41) is 0. The molecule has 0 aromatic carbocycles. The maximum Gasteiger partial charge on any atom is 0.192 e. The zero-order valence-electron chi connectivity index (χ0n) is 9.05. The Hall–Kier alpha value is -1.46. The van der Waals surface area contributed by atoms with Gasteiger partial charge in [0, 0.05) is 12.2 Å². The minimum absolute atomic E-state index is 0.109. The highest BCUT2D eigenvalue weighted by Gasteiger charge is 2.33. The summed E-state index contributed by atoms with van der Waals surface area (Å²) in [7, 11) is 1.51. The fourth-order valence-electron chi connectivity index (χ4n) is 1.76. The van der Waals surface area contributed by atoms with Crippen LogP contribution >= 0.6 is 0 Å². The first-order valence-electron chi connectivity index (χ1n) is 5.10. The van der Waals surface area contributed by atoms with Crippen LogP contribution < -0.4 is 10.5 Å². The van der Waals surface area contributed by atoms with E-state index in [4.69, 9.17) is 15.2 Å². The summed E-state index contributed by atoms with van der Waals surface area (Å²) in [6.45, 7) is 0.783. The Kier molecular flexibility index (Phi) is 3.17. The Bertz CT molecular complexity index is 395. The molecule has 86 valence electrons. The number of hydrogen-bond donors (Lipinski definition) is 1. The van der Waals surface area contributed by atoms with Crippen LogP contribution in [-0.4, -0.2) is 37.1 Å². The molecule has 1 aromatic rings. The van der Waals surface area contributed by atoms with Gasteiger partial charge in [0.2, 0.25) is 0 Å². The van der Waals surface area contributed by atoms with Crippen molar-refractivity contribution in [3.05, 3.63) is 24.0 Å². The molecule has 0 spiro atoms. The molecule has 2 heterocycles. The van der Waals surface area contributed by atoms with Crippen molar-refractivity contribution in [3.63, 3.8) is 0 Å². The molecule has 1 fully saturated rings. The van der Waals surface area contributed by atoms with Crippen molar-refractivity contribution >= 4 is 5.78 Å². The molecule has 2 unspecified atom stereocenters. The summed E-state index contributed by atoms with van der Waals surface area (Å²) in [5.74, 6) is 0.0536. The Labute approximate surface area is 93.6 Å². The lowest BCUT2D eigenvalue weighted by molar-refractivity contribution is 0.0887. The van der Waals surface area contributed by atoms with Crippen LogP contribution in [0.1, 0.15) is 10.5 Å². The summed E-state index contributed by atoms with van der Waals surface area (Å²) in [5.41, 5.74) is 6.12. The normalized spacial score (nSPS) is 24.4. The first-order valence-corrected chi connectivity index (χ1v) is 5.10. The molecule has 0 bridgehead atoms. The monoisotopic (exact) mass is 222 g/mol. The lowest BCUT2D eigenvalue weighted by Crippen LogP contribution is -2.34. The van der Waals surface area contributed by atoms with E-state index in [1.165, 1.54) is 7.11 Å². The third kappa shape index (κ3) is 1.91. The molecule has 2 N–H and O–H groups in total. The average molecular weight is 222 g/mol. The molecule has 0 amide bonds. The van der Waals surface area contributed by atoms with Crippen LogP contribution in [-0.2, 0) is 4.74 Å². The average Bonchev–Trinajstić information content (AvgIpc) is 2.74. The minimum Gasteiger partial charge on any atom is -0.494 e. The Balaban J connectivity index is 2.26. The smallest absolute Gasteiger partial charge is 0.192 e. The van der Waals surface area contributed by atoms with Gasteiger partial charge < -0.3 is 15.2 Å². The molecule has 0 saturated carbocycles. The van der Waals surface area contributed by atoms with Crippen LogP contribution in [0.2, 0.25) is 0 Å². The molecular weight excluding hydrogens is 208 g/mol. The molecule has 16 heavy (non-hydrogen) atoms. The van der Waals surface area contributed by atoms with E-state index in [-0.39, 0.29) is 17.7 Å². The van der Waals surface area contributed by atoms with Gasteiger partial charge in [0.15, 0.2) is 5.78 Å². The molecule has 0 radical (unpaired) electrons. The van der Waals surface area contributed by atoms with Crippen molar-refractivity contribution in [1.82, 2.24) is 4.98 Å². The molecule has 1 aliphatic heterocycles. The number of rotatable bonds is 3. The summed E-state index contributed by atoms with van der Waals surface area (Å²) >= 11 is 0. The van der Waals surface area contributed by atoms with E-state index in [9.17, 15) is 4.79 Å². The number of ether oxygens (including phenoxy) is 2. The zero-order valence-corrected chi connectivity index (χ0v) is 9.05. The standard InChI is InChI=1S/C11H14N2O3/c1-15-9-3-2-4-13-10(9)11(14)7-5-16-6-8(7)12/h2-4,7-8H,5-6,12H2,1H3. The third-order valence-corrected chi connectivity index (χ3v) is 2.69. The zero-order chi connectivity index (χ0) is 11.5. The summed E-state index contributed by atoms with van der Waals surface area (Å²) in [6, 6.07) is 3.18. The number of hydrogen-bond acceptors (Lipinski definition) is 5. The third-order valence-electron chi connectivity index (χ3n) is 2.69. The highest BCUT2D eigenvalue weighted by Crippen LogP contribution is 2.22. The largest absolute Gasteiger partial charge is 0.494 e. The molecule has 2 atom stereocenters. The van der Waals surface area contributed by atoms with Gasteiger partial charge in [0.1, 0.15) is 11.4 Å². The minimum atomic E-state index is -0.316. The van der Waals surface area contributed by atoms with Crippen LogP contribution in [0.4, 0.5) is 0 Å². The second-order valence-corrected chi connectivity index (χ2v) is 3.73. The van der Waals surface area contributed by atoms with Gasteiger partial charge in [-0.2, -0.15) is 0 Å².